The first-order valence-corrected chi connectivity index (χ1v) is 10.6. The van der Waals surface area contributed by atoms with Gasteiger partial charge in [0, 0.05) is 7.05 Å². The molecule has 0 saturated carbocycles. The van der Waals surface area contributed by atoms with E-state index in [1.807, 2.05) is 6.07 Å². The van der Waals surface area contributed by atoms with Gasteiger partial charge in [-0.15, -0.1) is 0 Å². The zero-order chi connectivity index (χ0) is 19.0. The van der Waals surface area contributed by atoms with Crippen LogP contribution in [0, 0.1) is 0 Å². The first-order chi connectivity index (χ1) is 13.0. The van der Waals surface area contributed by atoms with Crippen molar-refractivity contribution >= 4 is 21.6 Å². The molecule has 7 heteroatoms. The summed E-state index contributed by atoms with van der Waals surface area (Å²) in [5.41, 5.74) is 2.79. The second-order valence-electron chi connectivity index (χ2n) is 6.86. The highest BCUT2D eigenvalue weighted by atomic mass is 32.2. The number of benzene rings is 2. The van der Waals surface area contributed by atoms with Gasteiger partial charge in [-0.1, -0.05) is 18.2 Å². The molecule has 0 aromatic heterocycles. The van der Waals surface area contributed by atoms with Gasteiger partial charge in [-0.3, -0.25) is 9.10 Å². The molecule has 0 spiro atoms. The predicted octanol–water partition coefficient (Wildman–Crippen LogP) is 2.27. The monoisotopic (exact) mass is 386 g/mol. The standard InChI is InChI=1S/C20H22N2O4S/c1-21-20(23)19-13-22(17-8-4-5-9-18(17)26-19)27(24,25)16-11-10-14-6-2-3-7-15(14)12-16/h4-5,8-12,19H,2-3,6-7,13H2,1H3,(H,21,23). The van der Waals surface area contributed by atoms with Crippen molar-refractivity contribution in [3.05, 3.63) is 53.6 Å². The molecule has 0 radical (unpaired) electrons. The minimum atomic E-state index is -3.81. The molecule has 142 valence electrons. The summed E-state index contributed by atoms with van der Waals surface area (Å²) >= 11 is 0. The van der Waals surface area contributed by atoms with E-state index in [1.165, 1.54) is 16.9 Å². The maximum absolute atomic E-state index is 13.4. The van der Waals surface area contributed by atoms with Crippen LogP contribution in [-0.2, 0) is 27.7 Å². The van der Waals surface area contributed by atoms with E-state index >= 15 is 0 Å². The zero-order valence-corrected chi connectivity index (χ0v) is 16.0. The summed E-state index contributed by atoms with van der Waals surface area (Å²) in [4.78, 5) is 12.4. The van der Waals surface area contributed by atoms with Crippen LogP contribution in [0.3, 0.4) is 0 Å². The Morgan fingerprint density at radius 1 is 1.11 bits per heavy atom. The van der Waals surface area contributed by atoms with Crippen LogP contribution in [0.4, 0.5) is 5.69 Å². The van der Waals surface area contributed by atoms with E-state index in [9.17, 15) is 13.2 Å². The van der Waals surface area contributed by atoms with Crippen molar-refractivity contribution in [2.24, 2.45) is 0 Å². The fourth-order valence-corrected chi connectivity index (χ4v) is 5.25. The number of hydrogen-bond acceptors (Lipinski definition) is 4. The number of nitrogens with zero attached hydrogens (tertiary/aromatic N) is 1. The second-order valence-corrected chi connectivity index (χ2v) is 8.72. The molecule has 27 heavy (non-hydrogen) atoms. The summed E-state index contributed by atoms with van der Waals surface area (Å²) in [6.45, 7) is -0.0594. The number of fused-ring (bicyclic) bond motifs is 2. The molecule has 1 unspecified atom stereocenters. The molecular formula is C20H22N2O4S. The van der Waals surface area contributed by atoms with Gasteiger partial charge in [-0.2, -0.15) is 0 Å². The van der Waals surface area contributed by atoms with Crippen LogP contribution < -0.4 is 14.4 Å². The highest BCUT2D eigenvalue weighted by Gasteiger charge is 2.37. The zero-order valence-electron chi connectivity index (χ0n) is 15.1. The molecule has 2 aliphatic rings. The number of aryl methyl sites for hydroxylation is 2. The number of nitrogens with one attached hydrogen (secondary N) is 1. The van der Waals surface area contributed by atoms with Crippen LogP contribution in [0.15, 0.2) is 47.4 Å². The van der Waals surface area contributed by atoms with E-state index in [0.717, 1.165) is 31.2 Å². The van der Waals surface area contributed by atoms with E-state index in [4.69, 9.17) is 4.74 Å². The summed E-state index contributed by atoms with van der Waals surface area (Å²) in [5.74, 6) is 0.0361. The Morgan fingerprint density at radius 2 is 1.85 bits per heavy atom. The summed E-state index contributed by atoms with van der Waals surface area (Å²) in [5, 5.41) is 2.53. The molecule has 4 rings (SSSR count). The largest absolute Gasteiger partial charge is 0.476 e. The van der Waals surface area contributed by atoms with Crippen LogP contribution >= 0.6 is 0 Å². The summed E-state index contributed by atoms with van der Waals surface area (Å²) < 4.78 is 33.9. The molecule has 1 heterocycles. The second kappa shape index (κ2) is 6.88. The molecule has 1 aliphatic heterocycles. The SMILES string of the molecule is CNC(=O)C1CN(S(=O)(=O)c2ccc3c(c2)CCCC3)c2ccccc2O1. The number of carbonyl (C=O) groups is 1. The maximum Gasteiger partial charge on any atom is 0.264 e. The summed E-state index contributed by atoms with van der Waals surface area (Å²) in [6.07, 6.45) is 3.23. The van der Waals surface area contributed by atoms with Crippen molar-refractivity contribution in [1.82, 2.24) is 5.32 Å². The van der Waals surface area contributed by atoms with E-state index in [-0.39, 0.29) is 17.3 Å². The lowest BCUT2D eigenvalue weighted by Gasteiger charge is -2.34. The highest BCUT2D eigenvalue weighted by Crippen LogP contribution is 2.37. The van der Waals surface area contributed by atoms with Crippen LogP contribution in [0.1, 0.15) is 24.0 Å². The van der Waals surface area contributed by atoms with Gasteiger partial charge in [-0.05, 0) is 61.1 Å². The number of hydrogen-bond donors (Lipinski definition) is 1. The molecule has 1 aliphatic carbocycles. The Morgan fingerprint density at radius 3 is 2.63 bits per heavy atom. The number of rotatable bonds is 3. The van der Waals surface area contributed by atoms with Crippen molar-refractivity contribution in [3.8, 4) is 5.75 Å². The first kappa shape index (κ1) is 17.9. The van der Waals surface area contributed by atoms with Crippen molar-refractivity contribution in [3.63, 3.8) is 0 Å². The van der Waals surface area contributed by atoms with E-state index < -0.39 is 16.1 Å². The lowest BCUT2D eigenvalue weighted by atomic mass is 9.92. The minimum absolute atomic E-state index is 0.0594. The van der Waals surface area contributed by atoms with E-state index in [0.29, 0.717) is 11.4 Å². The number of sulfonamides is 1. The first-order valence-electron chi connectivity index (χ1n) is 9.12. The van der Waals surface area contributed by atoms with Crippen molar-refractivity contribution in [1.29, 1.82) is 0 Å². The van der Waals surface area contributed by atoms with Crippen LogP contribution in [0.25, 0.3) is 0 Å². The fourth-order valence-electron chi connectivity index (χ4n) is 3.72. The smallest absolute Gasteiger partial charge is 0.264 e. The van der Waals surface area contributed by atoms with Crippen LogP contribution in [0.2, 0.25) is 0 Å². The predicted molar refractivity (Wildman–Crippen MR) is 103 cm³/mol. The molecule has 1 atom stereocenters. The summed E-state index contributed by atoms with van der Waals surface area (Å²) in [7, 11) is -2.30. The average Bonchev–Trinajstić information content (AvgIpc) is 2.71. The Labute approximate surface area is 159 Å². The van der Waals surface area contributed by atoms with Crippen molar-refractivity contribution in [2.45, 2.75) is 36.7 Å². The molecular weight excluding hydrogens is 364 g/mol. The van der Waals surface area contributed by atoms with Gasteiger partial charge >= 0.3 is 0 Å². The number of para-hydroxylation sites is 2. The number of anilines is 1. The lowest BCUT2D eigenvalue weighted by Crippen LogP contribution is -2.50. The van der Waals surface area contributed by atoms with Crippen LogP contribution in [-0.4, -0.2) is 34.0 Å². The van der Waals surface area contributed by atoms with Gasteiger partial charge in [0.15, 0.2) is 6.10 Å². The quantitative estimate of drug-likeness (QED) is 0.878. The lowest BCUT2D eigenvalue weighted by molar-refractivity contribution is -0.127. The third-order valence-electron chi connectivity index (χ3n) is 5.18. The topological polar surface area (TPSA) is 75.7 Å². The normalized spacial score (nSPS) is 18.9. The number of carbonyl (C=O) groups excluding carboxylic acids is 1. The molecule has 0 saturated heterocycles. The van der Waals surface area contributed by atoms with Gasteiger partial charge in [0.25, 0.3) is 15.9 Å². The average molecular weight is 386 g/mol. The molecule has 2 aromatic carbocycles. The maximum atomic E-state index is 13.4. The molecule has 1 N–H and O–H groups in total. The third kappa shape index (κ3) is 3.16. The Hall–Kier alpha value is -2.54. The molecule has 1 amide bonds. The number of amides is 1. The van der Waals surface area contributed by atoms with Gasteiger partial charge in [-0.25, -0.2) is 8.42 Å². The minimum Gasteiger partial charge on any atom is -0.476 e. The number of likely N-dealkylation sites (N-methyl/N-ethyl adjacent to an activating group) is 1. The van der Waals surface area contributed by atoms with Gasteiger partial charge in [0.05, 0.1) is 17.1 Å². The van der Waals surface area contributed by atoms with Crippen LogP contribution in [0.5, 0.6) is 5.75 Å². The van der Waals surface area contributed by atoms with Gasteiger partial charge < -0.3 is 10.1 Å². The summed E-state index contributed by atoms with van der Waals surface area (Å²) in [6, 6.07) is 12.3. The van der Waals surface area contributed by atoms with Gasteiger partial charge in [0.2, 0.25) is 0 Å². The Balaban J connectivity index is 1.77. The fraction of sp³-hybridized carbons (Fsp3) is 0.350. The Bertz CT molecular complexity index is 987. The van der Waals surface area contributed by atoms with E-state index in [1.54, 1.807) is 36.4 Å². The molecule has 0 bridgehead atoms. The van der Waals surface area contributed by atoms with E-state index in [2.05, 4.69) is 5.32 Å². The highest BCUT2D eigenvalue weighted by molar-refractivity contribution is 7.92. The van der Waals surface area contributed by atoms with Gasteiger partial charge in [0.1, 0.15) is 5.75 Å². The number of ether oxygens (including phenoxy) is 1. The molecule has 0 fully saturated rings. The van der Waals surface area contributed by atoms with Crippen molar-refractivity contribution < 1.29 is 17.9 Å². The van der Waals surface area contributed by atoms with Crippen molar-refractivity contribution in [2.75, 3.05) is 17.9 Å². The third-order valence-corrected chi connectivity index (χ3v) is 6.96. The molecule has 2 aromatic rings. The molecule has 6 nitrogen and oxygen atoms in total. The Kier molecular flexibility index (Phi) is 4.55.